The Morgan fingerprint density at radius 2 is 1.82 bits per heavy atom. The highest BCUT2D eigenvalue weighted by Gasteiger charge is 2.37. The van der Waals surface area contributed by atoms with Crippen LogP contribution >= 0.6 is 0 Å². The van der Waals surface area contributed by atoms with Gasteiger partial charge in [0.2, 0.25) is 10.0 Å². The molecule has 1 aliphatic heterocycles. The Morgan fingerprint density at radius 3 is 2.45 bits per heavy atom. The van der Waals surface area contributed by atoms with Crippen molar-refractivity contribution in [3.63, 3.8) is 0 Å². The normalized spacial score (nSPS) is 26.2. The zero-order chi connectivity index (χ0) is 16.1. The molecule has 1 saturated carbocycles. The molecule has 0 unspecified atom stereocenters. The monoisotopic (exact) mass is 345 g/mol. The minimum Gasteiger partial charge on any atom is -0.481 e. The lowest BCUT2D eigenvalue weighted by molar-refractivity contribution is -0.145. The molecule has 9 heteroatoms. The number of carboxylic acid groups (broad SMARTS) is 1. The van der Waals surface area contributed by atoms with Crippen LogP contribution in [0.3, 0.4) is 0 Å². The van der Waals surface area contributed by atoms with Crippen molar-refractivity contribution < 1.29 is 26.7 Å². The quantitative estimate of drug-likeness (QED) is 0.808. The molecule has 0 spiro atoms. The summed E-state index contributed by atoms with van der Waals surface area (Å²) in [5.74, 6) is -1.62. The molecule has 0 saturated heterocycles. The summed E-state index contributed by atoms with van der Waals surface area (Å²) in [6, 6.07) is 3.91. The van der Waals surface area contributed by atoms with Crippen molar-refractivity contribution in [2.75, 3.05) is 0 Å². The lowest BCUT2D eigenvalue weighted by Crippen LogP contribution is -2.46. The van der Waals surface area contributed by atoms with Gasteiger partial charge in [-0.15, -0.1) is 0 Å². The minimum atomic E-state index is -3.77. The summed E-state index contributed by atoms with van der Waals surface area (Å²) in [7, 11) is -6.95. The number of rotatable bonds is 4. The van der Waals surface area contributed by atoms with E-state index in [2.05, 4.69) is 4.72 Å². The standard InChI is InChI=1S/C13H15NO6S2/c15-13(16)9-3-11(4-9)14-22(19,20)12-2-1-8-6-21(17,18)7-10(8)5-12/h1-2,5,9,11,14H,3-4,6-7H2,(H,15,16). The number of hydrogen-bond donors (Lipinski definition) is 2. The van der Waals surface area contributed by atoms with E-state index in [1.54, 1.807) is 0 Å². The first-order chi connectivity index (χ1) is 10.2. The summed E-state index contributed by atoms with van der Waals surface area (Å²) in [6.07, 6.45) is 0.543. The second-order valence-electron chi connectivity index (χ2n) is 5.79. The van der Waals surface area contributed by atoms with Crippen molar-refractivity contribution >= 4 is 25.8 Å². The van der Waals surface area contributed by atoms with Crippen LogP contribution in [0.2, 0.25) is 0 Å². The van der Waals surface area contributed by atoms with Crippen molar-refractivity contribution in [1.82, 2.24) is 4.72 Å². The summed E-state index contributed by atoms with van der Waals surface area (Å²) < 4.78 is 50.1. The van der Waals surface area contributed by atoms with Crippen molar-refractivity contribution in [1.29, 1.82) is 0 Å². The van der Waals surface area contributed by atoms with Crippen LogP contribution in [-0.4, -0.2) is 34.0 Å². The first-order valence-electron chi connectivity index (χ1n) is 6.74. The highest BCUT2D eigenvalue weighted by Crippen LogP contribution is 2.30. The fourth-order valence-electron chi connectivity index (χ4n) is 2.77. The summed E-state index contributed by atoms with van der Waals surface area (Å²) >= 11 is 0. The number of sulfone groups is 1. The van der Waals surface area contributed by atoms with Crippen LogP contribution in [0, 0.1) is 5.92 Å². The second-order valence-corrected chi connectivity index (χ2v) is 9.57. The molecule has 3 rings (SSSR count). The van der Waals surface area contributed by atoms with Gasteiger partial charge in [-0.25, -0.2) is 21.6 Å². The Hall–Kier alpha value is -1.45. The first kappa shape index (κ1) is 15.4. The smallest absolute Gasteiger partial charge is 0.306 e. The van der Waals surface area contributed by atoms with Crippen LogP contribution in [0.4, 0.5) is 0 Å². The number of nitrogens with one attached hydrogen (secondary N) is 1. The van der Waals surface area contributed by atoms with E-state index in [1.165, 1.54) is 18.2 Å². The van der Waals surface area contributed by atoms with Gasteiger partial charge in [0.05, 0.1) is 22.3 Å². The number of fused-ring (bicyclic) bond motifs is 1. The maximum Gasteiger partial charge on any atom is 0.306 e. The van der Waals surface area contributed by atoms with Gasteiger partial charge in [0, 0.05) is 6.04 Å². The third kappa shape index (κ3) is 2.88. The van der Waals surface area contributed by atoms with Gasteiger partial charge in [-0.2, -0.15) is 0 Å². The van der Waals surface area contributed by atoms with Crippen molar-refractivity contribution in [2.24, 2.45) is 5.92 Å². The van der Waals surface area contributed by atoms with Crippen molar-refractivity contribution in [2.45, 2.75) is 35.3 Å². The summed E-state index contributed by atoms with van der Waals surface area (Å²) in [4.78, 5) is 10.7. The van der Waals surface area contributed by atoms with Crippen molar-refractivity contribution in [3.05, 3.63) is 29.3 Å². The molecule has 0 amide bonds. The Morgan fingerprint density at radius 1 is 1.18 bits per heavy atom. The molecule has 2 N–H and O–H groups in total. The SMILES string of the molecule is O=C(O)C1CC(NS(=O)(=O)c2ccc3c(c2)CS(=O)(=O)C3)C1. The van der Waals surface area contributed by atoms with Gasteiger partial charge in [-0.05, 0) is 36.1 Å². The van der Waals surface area contributed by atoms with Crippen LogP contribution in [0.15, 0.2) is 23.1 Å². The average Bonchev–Trinajstić information content (AvgIpc) is 2.65. The third-order valence-electron chi connectivity index (χ3n) is 4.05. The first-order valence-corrected chi connectivity index (χ1v) is 10.0. The molecule has 2 aliphatic rings. The van der Waals surface area contributed by atoms with Gasteiger partial charge in [0.15, 0.2) is 9.84 Å². The maximum atomic E-state index is 12.3. The molecule has 7 nitrogen and oxygen atoms in total. The molecule has 1 aromatic carbocycles. The van der Waals surface area contributed by atoms with E-state index >= 15 is 0 Å². The molecule has 1 aliphatic carbocycles. The Kier molecular flexibility index (Phi) is 3.54. The number of hydrogen-bond acceptors (Lipinski definition) is 5. The highest BCUT2D eigenvalue weighted by atomic mass is 32.2. The van der Waals surface area contributed by atoms with Gasteiger partial charge in [0.1, 0.15) is 0 Å². The van der Waals surface area contributed by atoms with Gasteiger partial charge in [0.25, 0.3) is 0 Å². The Bertz CT molecular complexity index is 837. The summed E-state index contributed by atoms with van der Waals surface area (Å²) in [6.45, 7) is 0. The number of benzene rings is 1. The van der Waals surface area contributed by atoms with Crippen LogP contribution < -0.4 is 4.72 Å². The number of carbonyl (C=O) groups is 1. The fraction of sp³-hybridized carbons (Fsp3) is 0.462. The zero-order valence-electron chi connectivity index (χ0n) is 11.5. The van der Waals surface area contributed by atoms with E-state index in [9.17, 15) is 21.6 Å². The van der Waals surface area contributed by atoms with Crippen LogP contribution in [0.5, 0.6) is 0 Å². The highest BCUT2D eigenvalue weighted by molar-refractivity contribution is 7.90. The largest absolute Gasteiger partial charge is 0.481 e. The Balaban J connectivity index is 1.76. The lowest BCUT2D eigenvalue weighted by atomic mass is 9.81. The molecule has 120 valence electrons. The molecular formula is C13H15NO6S2. The Labute approximate surface area is 128 Å². The molecule has 1 fully saturated rings. The topological polar surface area (TPSA) is 118 Å². The minimum absolute atomic E-state index is 0.0159. The number of carboxylic acids is 1. The van der Waals surface area contributed by atoms with Crippen molar-refractivity contribution in [3.8, 4) is 0 Å². The van der Waals surface area contributed by atoms with E-state index in [-0.39, 0.29) is 35.3 Å². The molecule has 1 heterocycles. The maximum absolute atomic E-state index is 12.3. The van der Waals surface area contributed by atoms with Gasteiger partial charge >= 0.3 is 5.97 Å². The summed E-state index contributed by atoms with van der Waals surface area (Å²) in [5, 5.41) is 8.79. The number of aliphatic carboxylic acids is 1. The predicted molar refractivity (Wildman–Crippen MR) is 77.2 cm³/mol. The van der Waals surface area contributed by atoms with E-state index in [0.29, 0.717) is 11.1 Å². The molecule has 0 radical (unpaired) electrons. The van der Waals surface area contributed by atoms with Crippen LogP contribution in [-0.2, 0) is 36.2 Å². The van der Waals surface area contributed by atoms with E-state index in [4.69, 9.17) is 5.11 Å². The molecular weight excluding hydrogens is 330 g/mol. The van der Waals surface area contributed by atoms with Gasteiger partial charge in [-0.1, -0.05) is 6.07 Å². The van der Waals surface area contributed by atoms with Crippen LogP contribution in [0.25, 0.3) is 0 Å². The number of sulfonamides is 1. The van der Waals surface area contributed by atoms with Gasteiger partial charge < -0.3 is 5.11 Å². The van der Waals surface area contributed by atoms with E-state index < -0.39 is 31.7 Å². The van der Waals surface area contributed by atoms with Gasteiger partial charge in [-0.3, -0.25) is 4.79 Å². The third-order valence-corrected chi connectivity index (χ3v) is 7.07. The van der Waals surface area contributed by atoms with E-state index in [1.807, 2.05) is 0 Å². The average molecular weight is 345 g/mol. The molecule has 1 aromatic rings. The lowest BCUT2D eigenvalue weighted by Gasteiger charge is -2.32. The molecule has 0 atom stereocenters. The molecule has 22 heavy (non-hydrogen) atoms. The van der Waals surface area contributed by atoms with E-state index in [0.717, 1.165) is 0 Å². The second kappa shape index (κ2) is 5.04. The fourth-order valence-corrected chi connectivity index (χ4v) is 5.68. The summed E-state index contributed by atoms with van der Waals surface area (Å²) in [5.41, 5.74) is 1.15. The predicted octanol–water partition coefficient (Wildman–Crippen LogP) is 0.257. The zero-order valence-corrected chi connectivity index (χ0v) is 13.2. The molecule has 0 bridgehead atoms. The van der Waals surface area contributed by atoms with Crippen LogP contribution in [0.1, 0.15) is 24.0 Å². The molecule has 0 aromatic heterocycles.